The average molecular weight is 550 g/mol. The van der Waals surface area contributed by atoms with Gasteiger partial charge in [0.05, 0.1) is 19.7 Å². The van der Waals surface area contributed by atoms with Crippen molar-refractivity contribution in [3.8, 4) is 11.4 Å². The van der Waals surface area contributed by atoms with Crippen LogP contribution in [0.1, 0.15) is 23.9 Å². The van der Waals surface area contributed by atoms with Crippen LogP contribution in [0.3, 0.4) is 0 Å². The first-order valence-electron chi connectivity index (χ1n) is 10.4. The smallest absolute Gasteiger partial charge is 0.191 e. The molecule has 2 aromatic carbocycles. The third-order valence-corrected chi connectivity index (χ3v) is 4.59. The van der Waals surface area contributed by atoms with Gasteiger partial charge in [0.2, 0.25) is 0 Å². The Labute approximate surface area is 206 Å². The van der Waals surface area contributed by atoms with Crippen LogP contribution < -0.4 is 15.4 Å². The van der Waals surface area contributed by atoms with Crippen molar-refractivity contribution in [1.29, 1.82) is 0 Å². The number of hydrogen-bond acceptors (Lipinski definition) is 5. The zero-order valence-electron chi connectivity index (χ0n) is 18.7. The number of aryl methyl sites for hydroxylation is 1. The van der Waals surface area contributed by atoms with Gasteiger partial charge in [-0.15, -0.1) is 34.2 Å². The molecule has 32 heavy (non-hydrogen) atoms. The molecule has 0 atom stereocenters. The number of hydrogen-bond donors (Lipinski definition) is 2. The second-order valence-corrected chi connectivity index (χ2v) is 6.95. The van der Waals surface area contributed by atoms with Crippen molar-refractivity contribution in [1.82, 2.24) is 25.4 Å². The molecule has 172 valence electrons. The summed E-state index contributed by atoms with van der Waals surface area (Å²) in [7, 11) is 1.66. The SMILES string of the molecule is CCNC(=NCc1ccc(C)cc1OCCOC)NCc1nncn1-c1ccccc1.I. The number of guanidine groups is 1. The molecule has 0 unspecified atom stereocenters. The van der Waals surface area contributed by atoms with E-state index in [0.717, 1.165) is 34.9 Å². The van der Waals surface area contributed by atoms with Crippen molar-refractivity contribution in [2.75, 3.05) is 26.9 Å². The summed E-state index contributed by atoms with van der Waals surface area (Å²) in [5.74, 6) is 2.34. The Hall–Kier alpha value is -2.66. The fraction of sp³-hybridized carbons (Fsp3) is 0.348. The minimum Gasteiger partial charge on any atom is -0.491 e. The minimum absolute atomic E-state index is 0. The van der Waals surface area contributed by atoms with Gasteiger partial charge in [-0.3, -0.25) is 4.57 Å². The maximum atomic E-state index is 5.88. The molecule has 0 saturated heterocycles. The van der Waals surface area contributed by atoms with Crippen LogP contribution in [-0.2, 0) is 17.8 Å². The van der Waals surface area contributed by atoms with Crippen molar-refractivity contribution in [2.45, 2.75) is 26.9 Å². The maximum absolute atomic E-state index is 5.88. The van der Waals surface area contributed by atoms with E-state index in [2.05, 4.69) is 33.0 Å². The largest absolute Gasteiger partial charge is 0.491 e. The zero-order valence-corrected chi connectivity index (χ0v) is 21.1. The van der Waals surface area contributed by atoms with Gasteiger partial charge in [0, 0.05) is 24.9 Å². The standard InChI is InChI=1S/C23H30N6O2.HI/c1-4-24-23(25-15-19-11-10-18(2)14-21(19)31-13-12-30-3)26-16-22-28-27-17-29(22)20-8-6-5-7-9-20;/h5-11,14,17H,4,12-13,15-16H2,1-3H3,(H2,24,25,26);1H. The van der Waals surface area contributed by atoms with Crippen LogP contribution in [0, 0.1) is 6.92 Å². The quantitative estimate of drug-likeness (QED) is 0.174. The van der Waals surface area contributed by atoms with Gasteiger partial charge in [0.25, 0.3) is 0 Å². The summed E-state index contributed by atoms with van der Waals surface area (Å²) in [5.41, 5.74) is 3.18. The van der Waals surface area contributed by atoms with Crippen molar-refractivity contribution in [3.05, 3.63) is 71.8 Å². The van der Waals surface area contributed by atoms with Crippen molar-refractivity contribution in [3.63, 3.8) is 0 Å². The molecule has 0 fully saturated rings. The van der Waals surface area contributed by atoms with E-state index in [4.69, 9.17) is 14.5 Å². The summed E-state index contributed by atoms with van der Waals surface area (Å²) >= 11 is 0. The fourth-order valence-corrected chi connectivity index (χ4v) is 3.01. The highest BCUT2D eigenvalue weighted by Gasteiger charge is 2.08. The lowest BCUT2D eigenvalue weighted by Gasteiger charge is -2.14. The van der Waals surface area contributed by atoms with Crippen LogP contribution in [0.25, 0.3) is 5.69 Å². The molecule has 0 aliphatic carbocycles. The van der Waals surface area contributed by atoms with Gasteiger partial charge in [0.1, 0.15) is 18.7 Å². The summed E-state index contributed by atoms with van der Waals surface area (Å²) in [6.45, 7) is 6.87. The van der Waals surface area contributed by atoms with Gasteiger partial charge in [-0.1, -0.05) is 30.3 Å². The Balaban J connectivity index is 0.00000363. The van der Waals surface area contributed by atoms with E-state index in [1.54, 1.807) is 13.4 Å². The molecule has 9 heteroatoms. The first kappa shape index (κ1) is 25.6. The van der Waals surface area contributed by atoms with Gasteiger partial charge >= 0.3 is 0 Å². The van der Waals surface area contributed by atoms with Gasteiger partial charge < -0.3 is 20.1 Å². The van der Waals surface area contributed by atoms with Crippen LogP contribution in [0.4, 0.5) is 0 Å². The maximum Gasteiger partial charge on any atom is 0.191 e. The molecule has 8 nitrogen and oxygen atoms in total. The van der Waals surface area contributed by atoms with Gasteiger partial charge in [0.15, 0.2) is 11.8 Å². The van der Waals surface area contributed by atoms with E-state index in [0.29, 0.717) is 32.3 Å². The molecule has 0 bridgehead atoms. The highest BCUT2D eigenvalue weighted by Crippen LogP contribution is 2.21. The van der Waals surface area contributed by atoms with E-state index in [9.17, 15) is 0 Å². The number of benzene rings is 2. The Morgan fingerprint density at radius 3 is 2.66 bits per heavy atom. The molecule has 0 aliphatic heterocycles. The minimum atomic E-state index is 0. The first-order chi connectivity index (χ1) is 15.2. The highest BCUT2D eigenvalue weighted by molar-refractivity contribution is 14.0. The lowest BCUT2D eigenvalue weighted by Crippen LogP contribution is -2.37. The van der Waals surface area contributed by atoms with Crippen molar-refractivity contribution >= 4 is 29.9 Å². The number of ether oxygens (including phenoxy) is 2. The topological polar surface area (TPSA) is 85.6 Å². The summed E-state index contributed by atoms with van der Waals surface area (Å²) in [6, 6.07) is 16.2. The van der Waals surface area contributed by atoms with E-state index in [1.807, 2.05) is 54.8 Å². The molecule has 0 aliphatic rings. The van der Waals surface area contributed by atoms with E-state index < -0.39 is 0 Å². The summed E-state index contributed by atoms with van der Waals surface area (Å²) in [4.78, 5) is 4.73. The summed E-state index contributed by atoms with van der Waals surface area (Å²) in [6.07, 6.45) is 1.71. The fourth-order valence-electron chi connectivity index (χ4n) is 3.01. The number of nitrogens with zero attached hydrogens (tertiary/aromatic N) is 4. The third kappa shape index (κ3) is 7.49. The Morgan fingerprint density at radius 1 is 1.09 bits per heavy atom. The van der Waals surface area contributed by atoms with Gasteiger partial charge in [-0.25, -0.2) is 4.99 Å². The number of halogens is 1. The number of nitrogens with one attached hydrogen (secondary N) is 2. The van der Waals surface area contributed by atoms with Crippen LogP contribution in [0.2, 0.25) is 0 Å². The Morgan fingerprint density at radius 2 is 1.91 bits per heavy atom. The van der Waals surface area contributed by atoms with Crippen LogP contribution >= 0.6 is 24.0 Å². The second-order valence-electron chi connectivity index (χ2n) is 6.95. The molecule has 0 radical (unpaired) electrons. The molecule has 2 N–H and O–H groups in total. The van der Waals surface area contributed by atoms with Crippen LogP contribution in [0.15, 0.2) is 59.9 Å². The number of aliphatic imine (C=N–C) groups is 1. The number of rotatable bonds is 10. The van der Waals surface area contributed by atoms with Crippen LogP contribution in [0.5, 0.6) is 5.75 Å². The van der Waals surface area contributed by atoms with Crippen molar-refractivity contribution < 1.29 is 9.47 Å². The molecular weight excluding hydrogens is 519 g/mol. The molecule has 0 spiro atoms. The molecule has 3 aromatic rings. The Kier molecular flexibility index (Phi) is 10.9. The number of para-hydroxylation sites is 1. The molecular formula is C23H31IN6O2. The normalized spacial score (nSPS) is 11.0. The first-order valence-corrected chi connectivity index (χ1v) is 10.4. The van der Waals surface area contributed by atoms with E-state index in [1.165, 1.54) is 0 Å². The van der Waals surface area contributed by atoms with Gasteiger partial charge in [-0.05, 0) is 37.6 Å². The molecule has 1 aromatic heterocycles. The predicted molar refractivity (Wildman–Crippen MR) is 137 cm³/mol. The van der Waals surface area contributed by atoms with Crippen molar-refractivity contribution in [2.24, 2.45) is 4.99 Å². The Bertz CT molecular complexity index is 978. The summed E-state index contributed by atoms with van der Waals surface area (Å²) < 4.78 is 12.9. The van der Waals surface area contributed by atoms with E-state index >= 15 is 0 Å². The summed E-state index contributed by atoms with van der Waals surface area (Å²) in [5, 5.41) is 14.9. The van der Waals surface area contributed by atoms with Gasteiger partial charge in [-0.2, -0.15) is 0 Å². The molecule has 3 rings (SSSR count). The molecule has 0 amide bonds. The molecule has 0 saturated carbocycles. The number of methoxy groups -OCH3 is 1. The van der Waals surface area contributed by atoms with Crippen LogP contribution in [-0.4, -0.2) is 47.6 Å². The van der Waals surface area contributed by atoms with E-state index in [-0.39, 0.29) is 24.0 Å². The second kappa shape index (κ2) is 13.7. The average Bonchev–Trinajstić information content (AvgIpc) is 3.26. The third-order valence-electron chi connectivity index (χ3n) is 4.59. The monoisotopic (exact) mass is 550 g/mol. The lowest BCUT2D eigenvalue weighted by atomic mass is 10.1. The highest BCUT2D eigenvalue weighted by atomic mass is 127. The zero-order chi connectivity index (χ0) is 21.9. The lowest BCUT2D eigenvalue weighted by molar-refractivity contribution is 0.145. The predicted octanol–water partition coefficient (Wildman–Crippen LogP) is 3.47. The molecule has 1 heterocycles. The number of aromatic nitrogens is 3.